The summed E-state index contributed by atoms with van der Waals surface area (Å²) >= 11 is 0. The molecule has 37 heavy (non-hydrogen) atoms. The Morgan fingerprint density at radius 2 is 1.57 bits per heavy atom. The predicted molar refractivity (Wildman–Crippen MR) is 143 cm³/mol. The number of carbonyl (C=O) groups is 2. The fourth-order valence-corrected chi connectivity index (χ4v) is 4.49. The van der Waals surface area contributed by atoms with Crippen molar-refractivity contribution in [2.24, 2.45) is 0 Å². The van der Waals surface area contributed by atoms with Crippen LogP contribution in [0, 0.1) is 0 Å². The number of rotatable bonds is 11. The number of carbonyl (C=O) groups excluding carboxylic acids is 2. The molecular formula is C30H35N3O4. The minimum atomic E-state index is -0.760. The third-order valence-corrected chi connectivity index (χ3v) is 6.54. The van der Waals surface area contributed by atoms with Crippen LogP contribution < -0.4 is 10.1 Å². The van der Waals surface area contributed by atoms with Crippen LogP contribution in [0.2, 0.25) is 0 Å². The Balaban J connectivity index is 1.58. The van der Waals surface area contributed by atoms with Gasteiger partial charge < -0.3 is 19.7 Å². The smallest absolute Gasteiger partial charge is 0.247 e. The summed E-state index contributed by atoms with van der Waals surface area (Å²) in [5.41, 5.74) is 2.61. The zero-order valence-electron chi connectivity index (χ0n) is 21.3. The van der Waals surface area contributed by atoms with Gasteiger partial charge in [0.25, 0.3) is 0 Å². The van der Waals surface area contributed by atoms with Crippen molar-refractivity contribution in [3.05, 3.63) is 102 Å². The summed E-state index contributed by atoms with van der Waals surface area (Å²) in [6, 6.07) is 26.0. The van der Waals surface area contributed by atoms with Gasteiger partial charge in [-0.15, -0.1) is 0 Å². The van der Waals surface area contributed by atoms with Gasteiger partial charge >= 0.3 is 0 Å². The lowest BCUT2D eigenvalue weighted by Crippen LogP contribution is -2.46. The SMILES string of the molecule is COc1ccc(CN(C(=O)Cc2ccccc2)[C@@H](C(=O)NCCN2CCOCC2)c2ccccc2)cc1. The first kappa shape index (κ1) is 26.4. The van der Waals surface area contributed by atoms with E-state index < -0.39 is 6.04 Å². The molecule has 1 atom stereocenters. The Morgan fingerprint density at radius 1 is 0.919 bits per heavy atom. The fourth-order valence-electron chi connectivity index (χ4n) is 4.49. The molecule has 7 nitrogen and oxygen atoms in total. The van der Waals surface area contributed by atoms with Gasteiger partial charge in [0.2, 0.25) is 11.8 Å². The van der Waals surface area contributed by atoms with Gasteiger partial charge in [-0.1, -0.05) is 72.8 Å². The van der Waals surface area contributed by atoms with E-state index in [1.54, 1.807) is 12.0 Å². The highest BCUT2D eigenvalue weighted by Gasteiger charge is 2.31. The summed E-state index contributed by atoms with van der Waals surface area (Å²) in [4.78, 5) is 31.4. The second kappa shape index (κ2) is 13.6. The van der Waals surface area contributed by atoms with Gasteiger partial charge in [0.1, 0.15) is 11.8 Å². The quantitative estimate of drug-likeness (QED) is 0.436. The number of morpholine rings is 1. The second-order valence-corrected chi connectivity index (χ2v) is 9.09. The number of amides is 2. The number of benzene rings is 3. The van der Waals surface area contributed by atoms with Crippen LogP contribution in [0.1, 0.15) is 22.7 Å². The minimum Gasteiger partial charge on any atom is -0.497 e. The Hall–Kier alpha value is -3.68. The molecule has 1 aliphatic heterocycles. The Bertz CT molecular complexity index is 1120. The van der Waals surface area contributed by atoms with Gasteiger partial charge in [-0.25, -0.2) is 0 Å². The first-order valence-electron chi connectivity index (χ1n) is 12.7. The number of nitrogens with zero attached hydrogens (tertiary/aromatic N) is 2. The molecule has 0 aliphatic carbocycles. The molecule has 3 aromatic rings. The van der Waals surface area contributed by atoms with Crippen molar-refractivity contribution in [1.29, 1.82) is 0 Å². The van der Waals surface area contributed by atoms with E-state index in [4.69, 9.17) is 9.47 Å². The molecule has 3 aromatic carbocycles. The van der Waals surface area contributed by atoms with E-state index in [0.717, 1.165) is 42.1 Å². The summed E-state index contributed by atoms with van der Waals surface area (Å²) in [6.45, 7) is 4.69. The van der Waals surface area contributed by atoms with Gasteiger partial charge in [-0.2, -0.15) is 0 Å². The van der Waals surface area contributed by atoms with E-state index in [-0.39, 0.29) is 18.2 Å². The molecule has 1 heterocycles. The van der Waals surface area contributed by atoms with Crippen molar-refractivity contribution in [3.8, 4) is 5.75 Å². The summed E-state index contributed by atoms with van der Waals surface area (Å²) in [5.74, 6) is 0.444. The number of hydrogen-bond acceptors (Lipinski definition) is 5. The Morgan fingerprint density at radius 3 is 2.22 bits per heavy atom. The topological polar surface area (TPSA) is 71.1 Å². The van der Waals surface area contributed by atoms with Crippen LogP contribution in [-0.2, 0) is 27.3 Å². The average molecular weight is 502 g/mol. The molecule has 0 saturated carbocycles. The van der Waals surface area contributed by atoms with Gasteiger partial charge in [-0.05, 0) is 28.8 Å². The van der Waals surface area contributed by atoms with E-state index in [1.807, 2.05) is 84.9 Å². The van der Waals surface area contributed by atoms with E-state index in [0.29, 0.717) is 26.3 Å². The Kier molecular flexibility index (Phi) is 9.68. The molecule has 0 unspecified atom stereocenters. The highest BCUT2D eigenvalue weighted by Crippen LogP contribution is 2.25. The number of ether oxygens (including phenoxy) is 2. The lowest BCUT2D eigenvalue weighted by atomic mass is 10.0. The zero-order chi connectivity index (χ0) is 25.9. The molecule has 0 radical (unpaired) electrons. The van der Waals surface area contributed by atoms with E-state index >= 15 is 0 Å². The average Bonchev–Trinajstić information content (AvgIpc) is 2.95. The number of methoxy groups -OCH3 is 1. The maximum atomic E-state index is 13.8. The van der Waals surface area contributed by atoms with Gasteiger partial charge in [-0.3, -0.25) is 14.5 Å². The normalized spacial score (nSPS) is 14.5. The highest BCUT2D eigenvalue weighted by molar-refractivity contribution is 5.89. The zero-order valence-corrected chi connectivity index (χ0v) is 21.3. The van der Waals surface area contributed by atoms with Gasteiger partial charge in [0.15, 0.2) is 0 Å². The van der Waals surface area contributed by atoms with Crippen LogP contribution in [0.3, 0.4) is 0 Å². The molecule has 0 bridgehead atoms. The first-order chi connectivity index (χ1) is 18.1. The largest absolute Gasteiger partial charge is 0.497 e. The van der Waals surface area contributed by atoms with E-state index in [9.17, 15) is 9.59 Å². The van der Waals surface area contributed by atoms with Crippen molar-refractivity contribution in [2.45, 2.75) is 19.0 Å². The molecule has 4 rings (SSSR count). The molecule has 0 spiro atoms. The van der Waals surface area contributed by atoms with E-state index in [1.165, 1.54) is 0 Å². The molecule has 1 saturated heterocycles. The fraction of sp³-hybridized carbons (Fsp3) is 0.333. The van der Waals surface area contributed by atoms with Crippen molar-refractivity contribution in [1.82, 2.24) is 15.1 Å². The molecule has 1 fully saturated rings. The maximum Gasteiger partial charge on any atom is 0.247 e. The van der Waals surface area contributed by atoms with Crippen molar-refractivity contribution < 1.29 is 19.1 Å². The summed E-state index contributed by atoms with van der Waals surface area (Å²) < 4.78 is 10.7. The molecular weight excluding hydrogens is 466 g/mol. The lowest BCUT2D eigenvalue weighted by molar-refractivity contribution is -0.141. The van der Waals surface area contributed by atoms with Crippen molar-refractivity contribution in [3.63, 3.8) is 0 Å². The Labute approximate surface area is 219 Å². The summed E-state index contributed by atoms with van der Waals surface area (Å²) in [5, 5.41) is 3.10. The molecule has 1 aliphatic rings. The van der Waals surface area contributed by atoms with Crippen LogP contribution >= 0.6 is 0 Å². The molecule has 7 heteroatoms. The summed E-state index contributed by atoms with van der Waals surface area (Å²) in [7, 11) is 1.62. The van der Waals surface area contributed by atoms with Crippen LogP contribution in [0.4, 0.5) is 0 Å². The number of hydrogen-bond donors (Lipinski definition) is 1. The molecule has 1 N–H and O–H groups in total. The standard InChI is InChI=1S/C30H35N3O4/c1-36-27-14-12-25(13-15-27)23-33(28(34)22-24-8-4-2-5-9-24)29(26-10-6-3-7-11-26)30(35)31-16-17-32-18-20-37-21-19-32/h2-15,29H,16-23H2,1H3,(H,31,35)/t29-/m1/s1. The lowest BCUT2D eigenvalue weighted by Gasteiger charge is -2.32. The van der Waals surface area contributed by atoms with Crippen LogP contribution in [-0.4, -0.2) is 68.1 Å². The molecule has 0 aromatic heterocycles. The molecule has 194 valence electrons. The molecule has 2 amide bonds. The van der Waals surface area contributed by atoms with Crippen molar-refractivity contribution >= 4 is 11.8 Å². The number of nitrogens with one attached hydrogen (secondary N) is 1. The minimum absolute atomic E-state index is 0.112. The summed E-state index contributed by atoms with van der Waals surface area (Å²) in [6.07, 6.45) is 0.210. The first-order valence-corrected chi connectivity index (χ1v) is 12.7. The van der Waals surface area contributed by atoms with Crippen LogP contribution in [0.5, 0.6) is 5.75 Å². The highest BCUT2D eigenvalue weighted by atomic mass is 16.5. The monoisotopic (exact) mass is 501 g/mol. The maximum absolute atomic E-state index is 13.8. The van der Waals surface area contributed by atoms with Crippen LogP contribution in [0.15, 0.2) is 84.9 Å². The van der Waals surface area contributed by atoms with Crippen molar-refractivity contribution in [2.75, 3.05) is 46.5 Å². The third kappa shape index (κ3) is 7.65. The van der Waals surface area contributed by atoms with Crippen LogP contribution in [0.25, 0.3) is 0 Å². The van der Waals surface area contributed by atoms with E-state index in [2.05, 4.69) is 10.2 Å². The predicted octanol–water partition coefficient (Wildman–Crippen LogP) is 3.46. The van der Waals surface area contributed by atoms with Gasteiger partial charge in [0, 0.05) is 32.7 Å². The van der Waals surface area contributed by atoms with Gasteiger partial charge in [0.05, 0.1) is 26.7 Å². The second-order valence-electron chi connectivity index (χ2n) is 9.09. The third-order valence-electron chi connectivity index (χ3n) is 6.54.